The van der Waals surface area contributed by atoms with Crippen molar-refractivity contribution in [1.29, 1.82) is 0 Å². The van der Waals surface area contributed by atoms with Crippen LogP contribution in [0, 0.1) is 12.0 Å². The van der Waals surface area contributed by atoms with Gasteiger partial charge in [-0.3, -0.25) is 0 Å². The first-order valence-electron chi connectivity index (χ1n) is 2.74. The van der Waals surface area contributed by atoms with Gasteiger partial charge in [0.05, 0.1) is 11.0 Å². The Bertz CT molecular complexity index is 361. The minimum atomic E-state index is -3.36. The highest BCUT2D eigenvalue weighted by Gasteiger charge is 2.07. The lowest BCUT2D eigenvalue weighted by Crippen LogP contribution is -1.98. The third-order valence-corrected chi connectivity index (χ3v) is 2.08. The molecule has 1 radical (unpaired) electrons. The average Bonchev–Trinajstić information content (AvgIpc) is 1.86. The molecule has 0 bridgehead atoms. The van der Waals surface area contributed by atoms with E-state index in [2.05, 4.69) is 4.98 Å². The fourth-order valence-corrected chi connectivity index (χ4v) is 1.14. The summed E-state index contributed by atoms with van der Waals surface area (Å²) in [5, 5.41) is 0. The number of halogens is 1. The zero-order valence-corrected chi connectivity index (χ0v) is 6.52. The molecule has 0 aliphatic carbocycles. The zero-order valence-electron chi connectivity index (χ0n) is 5.70. The fraction of sp³-hybridized carbons (Fsp3) is 0.167. The Morgan fingerprint density at radius 3 is 2.64 bits per heavy atom. The van der Waals surface area contributed by atoms with Gasteiger partial charge in [0.15, 0.2) is 9.84 Å². The van der Waals surface area contributed by atoms with E-state index < -0.39 is 15.8 Å². The monoisotopic (exact) mass is 174 g/mol. The van der Waals surface area contributed by atoms with Crippen LogP contribution < -0.4 is 0 Å². The summed E-state index contributed by atoms with van der Waals surface area (Å²) in [6.45, 7) is 0. The van der Waals surface area contributed by atoms with E-state index in [4.69, 9.17) is 0 Å². The molecule has 0 atom stereocenters. The van der Waals surface area contributed by atoms with Crippen LogP contribution in [0.4, 0.5) is 4.39 Å². The van der Waals surface area contributed by atoms with Crippen LogP contribution in [-0.4, -0.2) is 19.7 Å². The highest BCUT2D eigenvalue weighted by molar-refractivity contribution is 7.90. The molecule has 0 fully saturated rings. The maximum absolute atomic E-state index is 12.3. The molecule has 1 aromatic heterocycles. The summed E-state index contributed by atoms with van der Waals surface area (Å²) in [6.07, 6.45) is 2.07. The standard InChI is InChI=1S/C6H5FNO2S/c1-11(9,10)5-2-3-8-6(7)4-5/h2-3H,1H3. The quantitative estimate of drug-likeness (QED) is 0.580. The van der Waals surface area contributed by atoms with Crippen LogP contribution in [0.2, 0.25) is 0 Å². The predicted octanol–water partition coefficient (Wildman–Crippen LogP) is 0.424. The highest BCUT2D eigenvalue weighted by Crippen LogP contribution is 2.06. The van der Waals surface area contributed by atoms with Gasteiger partial charge in [0.25, 0.3) is 0 Å². The Hall–Kier alpha value is -0.970. The Morgan fingerprint density at radius 2 is 2.27 bits per heavy atom. The van der Waals surface area contributed by atoms with Crippen LogP contribution in [0.1, 0.15) is 0 Å². The van der Waals surface area contributed by atoms with E-state index in [0.717, 1.165) is 12.5 Å². The van der Waals surface area contributed by atoms with Gasteiger partial charge in [0.1, 0.15) is 0 Å². The van der Waals surface area contributed by atoms with Crippen molar-refractivity contribution in [3.8, 4) is 0 Å². The van der Waals surface area contributed by atoms with E-state index >= 15 is 0 Å². The first-order valence-corrected chi connectivity index (χ1v) is 4.63. The third-order valence-electron chi connectivity index (χ3n) is 1.04. The van der Waals surface area contributed by atoms with E-state index in [1.165, 1.54) is 6.07 Å². The number of hydrogen-bond donors (Lipinski definition) is 0. The molecule has 0 N–H and O–H groups in total. The van der Waals surface area contributed by atoms with Crippen molar-refractivity contribution in [3.63, 3.8) is 0 Å². The zero-order chi connectivity index (χ0) is 8.48. The highest BCUT2D eigenvalue weighted by atomic mass is 32.2. The molecule has 0 spiro atoms. The fourth-order valence-electron chi connectivity index (χ4n) is 0.562. The van der Waals surface area contributed by atoms with Crippen LogP contribution >= 0.6 is 0 Å². The summed E-state index contributed by atoms with van der Waals surface area (Å²) >= 11 is 0. The van der Waals surface area contributed by atoms with E-state index in [0.29, 0.717) is 0 Å². The molecule has 0 saturated carbocycles. The molecule has 1 rings (SSSR count). The Balaban J connectivity index is 3.28. The Kier molecular flexibility index (Phi) is 1.90. The molecule has 1 heterocycles. The number of rotatable bonds is 1. The van der Waals surface area contributed by atoms with Gasteiger partial charge in [-0.2, -0.15) is 4.39 Å². The lowest BCUT2D eigenvalue weighted by Gasteiger charge is -1.94. The van der Waals surface area contributed by atoms with Crippen molar-refractivity contribution in [2.45, 2.75) is 4.90 Å². The van der Waals surface area contributed by atoms with Gasteiger partial charge in [-0.25, -0.2) is 13.4 Å². The first kappa shape index (κ1) is 8.13. The van der Waals surface area contributed by atoms with E-state index in [1.54, 1.807) is 0 Å². The van der Waals surface area contributed by atoms with Gasteiger partial charge in [-0.05, 0) is 6.07 Å². The topological polar surface area (TPSA) is 47.0 Å². The maximum Gasteiger partial charge on any atom is 0.222 e. The molecule has 0 aliphatic rings. The van der Waals surface area contributed by atoms with Gasteiger partial charge in [0.2, 0.25) is 5.95 Å². The third kappa shape index (κ3) is 1.98. The van der Waals surface area contributed by atoms with Crippen LogP contribution in [0.5, 0.6) is 0 Å². The molecule has 0 aromatic carbocycles. The molecule has 0 unspecified atom stereocenters. The number of hydrogen-bond acceptors (Lipinski definition) is 3. The van der Waals surface area contributed by atoms with Crippen molar-refractivity contribution < 1.29 is 12.8 Å². The molecule has 59 valence electrons. The Morgan fingerprint density at radius 1 is 1.64 bits per heavy atom. The molecular formula is C6H5FNO2S. The van der Waals surface area contributed by atoms with Gasteiger partial charge in [0, 0.05) is 12.5 Å². The van der Waals surface area contributed by atoms with Crippen LogP contribution in [0.25, 0.3) is 0 Å². The minimum absolute atomic E-state index is 0.176. The van der Waals surface area contributed by atoms with Crippen molar-refractivity contribution >= 4 is 9.84 Å². The largest absolute Gasteiger partial charge is 0.228 e. The summed E-state index contributed by atoms with van der Waals surface area (Å²) in [5.41, 5.74) is 0. The van der Waals surface area contributed by atoms with Gasteiger partial charge in [-0.15, -0.1) is 0 Å². The predicted molar refractivity (Wildman–Crippen MR) is 36.1 cm³/mol. The molecule has 5 heteroatoms. The first-order chi connectivity index (χ1) is 5.00. The molecular weight excluding hydrogens is 169 g/mol. The lowest BCUT2D eigenvalue weighted by molar-refractivity contribution is 0.570. The number of pyridine rings is 1. The number of sulfone groups is 1. The minimum Gasteiger partial charge on any atom is -0.228 e. The normalized spacial score (nSPS) is 11.5. The van der Waals surface area contributed by atoms with Gasteiger partial charge in [-0.1, -0.05) is 0 Å². The molecule has 0 aliphatic heterocycles. The second-order valence-electron chi connectivity index (χ2n) is 2.00. The van der Waals surface area contributed by atoms with E-state index in [-0.39, 0.29) is 4.90 Å². The van der Waals surface area contributed by atoms with Crippen LogP contribution in [0.3, 0.4) is 0 Å². The van der Waals surface area contributed by atoms with E-state index in [1.807, 2.05) is 6.07 Å². The smallest absolute Gasteiger partial charge is 0.222 e. The summed E-state index contributed by atoms with van der Waals surface area (Å²) in [4.78, 5) is 2.99. The van der Waals surface area contributed by atoms with Crippen molar-refractivity contribution in [2.24, 2.45) is 0 Å². The number of aromatic nitrogens is 1. The van der Waals surface area contributed by atoms with Gasteiger partial charge < -0.3 is 0 Å². The second kappa shape index (κ2) is 2.58. The molecule has 3 nitrogen and oxygen atoms in total. The van der Waals surface area contributed by atoms with Crippen molar-refractivity contribution in [1.82, 2.24) is 4.98 Å². The summed E-state index contributed by atoms with van der Waals surface area (Å²) in [6, 6.07) is 3.17. The number of nitrogens with zero attached hydrogens (tertiary/aromatic N) is 1. The molecule has 0 saturated heterocycles. The lowest BCUT2D eigenvalue weighted by atomic mass is 10.5. The SMILES string of the molecule is CS(=O)(=O)c1[c]c(F)ncc1. The second-order valence-corrected chi connectivity index (χ2v) is 3.98. The summed E-state index contributed by atoms with van der Waals surface area (Å²) in [7, 11) is -3.36. The van der Waals surface area contributed by atoms with Crippen LogP contribution in [0.15, 0.2) is 17.2 Å². The molecule has 0 amide bonds. The summed E-state index contributed by atoms with van der Waals surface area (Å²) < 4.78 is 33.8. The van der Waals surface area contributed by atoms with Crippen molar-refractivity contribution in [3.05, 3.63) is 24.3 Å². The molecule has 11 heavy (non-hydrogen) atoms. The Labute approximate surface area is 63.8 Å². The van der Waals surface area contributed by atoms with E-state index in [9.17, 15) is 12.8 Å². The maximum atomic E-state index is 12.3. The van der Waals surface area contributed by atoms with Crippen molar-refractivity contribution in [2.75, 3.05) is 6.26 Å². The van der Waals surface area contributed by atoms with Gasteiger partial charge >= 0.3 is 0 Å². The summed E-state index contributed by atoms with van der Waals surface area (Å²) in [5.74, 6) is -0.909. The average molecular weight is 174 g/mol. The van der Waals surface area contributed by atoms with Crippen LogP contribution in [-0.2, 0) is 9.84 Å². The molecule has 1 aromatic rings.